The molecule has 0 spiro atoms. The molecule has 5 heteroatoms. The Balaban J connectivity index is 1.64. The lowest BCUT2D eigenvalue weighted by Gasteiger charge is -2.38. The zero-order valence-corrected chi connectivity index (χ0v) is 16.7. The third-order valence-corrected chi connectivity index (χ3v) is 5.99. The molecule has 2 heterocycles. The van der Waals surface area contributed by atoms with Gasteiger partial charge in [0.1, 0.15) is 5.75 Å². The number of hydrazone groups is 1. The summed E-state index contributed by atoms with van der Waals surface area (Å²) in [7, 11) is 0. The molecule has 0 saturated heterocycles. The van der Waals surface area contributed by atoms with E-state index in [9.17, 15) is 0 Å². The Morgan fingerprint density at radius 3 is 2.56 bits per heavy atom. The summed E-state index contributed by atoms with van der Waals surface area (Å²) in [6.45, 7) is 0. The number of hydrogen-bond donors (Lipinski definition) is 0. The van der Waals surface area contributed by atoms with Gasteiger partial charge in [-0.3, -0.25) is 0 Å². The molecular weight excluding hydrogens is 424 g/mol. The van der Waals surface area contributed by atoms with Crippen molar-refractivity contribution >= 4 is 33.2 Å². The van der Waals surface area contributed by atoms with Gasteiger partial charge in [-0.1, -0.05) is 76.1 Å². The Morgan fingerprint density at radius 1 is 0.963 bits per heavy atom. The van der Waals surface area contributed by atoms with Crippen molar-refractivity contribution in [1.29, 1.82) is 0 Å². The molecule has 0 aliphatic carbocycles. The van der Waals surface area contributed by atoms with Crippen molar-refractivity contribution < 1.29 is 4.74 Å². The molecule has 27 heavy (non-hydrogen) atoms. The van der Waals surface area contributed by atoms with Crippen molar-refractivity contribution in [3.05, 3.63) is 99.0 Å². The van der Waals surface area contributed by atoms with Gasteiger partial charge in [-0.05, 0) is 29.8 Å². The maximum Gasteiger partial charge on any atom is 0.214 e. The van der Waals surface area contributed by atoms with E-state index in [2.05, 4.69) is 39.1 Å². The Morgan fingerprint density at radius 2 is 1.74 bits per heavy atom. The highest BCUT2D eigenvalue weighted by Crippen LogP contribution is 2.49. The second kappa shape index (κ2) is 6.70. The first kappa shape index (κ1) is 16.8. The monoisotopic (exact) mass is 438 g/mol. The molecule has 2 aliphatic rings. The van der Waals surface area contributed by atoms with E-state index in [0.717, 1.165) is 39.0 Å². The Kier molecular flexibility index (Phi) is 4.18. The summed E-state index contributed by atoms with van der Waals surface area (Å²) in [4.78, 5) is 0. The summed E-state index contributed by atoms with van der Waals surface area (Å²) in [5, 5.41) is 7.75. The van der Waals surface area contributed by atoms with Crippen molar-refractivity contribution in [2.75, 3.05) is 0 Å². The SMILES string of the molecule is Clc1ccc2c(c1)[C@H]1CC(c3ccccc3)=NN1[C@H](c1ccccc1Br)O2. The van der Waals surface area contributed by atoms with E-state index in [4.69, 9.17) is 21.4 Å². The molecule has 134 valence electrons. The first-order valence-electron chi connectivity index (χ1n) is 8.82. The highest BCUT2D eigenvalue weighted by molar-refractivity contribution is 9.10. The second-order valence-corrected chi connectivity index (χ2v) is 7.98. The van der Waals surface area contributed by atoms with Gasteiger partial charge in [0.05, 0.1) is 11.8 Å². The number of ether oxygens (including phenoxy) is 1. The molecule has 0 amide bonds. The molecule has 0 bridgehead atoms. The van der Waals surface area contributed by atoms with Gasteiger partial charge in [0.2, 0.25) is 6.23 Å². The summed E-state index contributed by atoms with van der Waals surface area (Å²) >= 11 is 9.94. The molecule has 0 saturated carbocycles. The van der Waals surface area contributed by atoms with Crippen molar-refractivity contribution in [3.63, 3.8) is 0 Å². The quantitative estimate of drug-likeness (QED) is 0.465. The van der Waals surface area contributed by atoms with Crippen LogP contribution in [0, 0.1) is 0 Å². The molecule has 5 rings (SSSR count). The van der Waals surface area contributed by atoms with Crippen molar-refractivity contribution in [3.8, 4) is 5.75 Å². The second-order valence-electron chi connectivity index (χ2n) is 6.69. The van der Waals surface area contributed by atoms with Gasteiger partial charge in [-0.2, -0.15) is 5.10 Å². The average molecular weight is 440 g/mol. The fourth-order valence-corrected chi connectivity index (χ4v) is 4.40. The first-order valence-corrected chi connectivity index (χ1v) is 9.99. The van der Waals surface area contributed by atoms with Gasteiger partial charge in [0.25, 0.3) is 0 Å². The molecular formula is C22H16BrClN2O. The van der Waals surface area contributed by atoms with Crippen molar-refractivity contribution in [2.45, 2.75) is 18.7 Å². The average Bonchev–Trinajstić information content (AvgIpc) is 3.15. The number of benzene rings is 3. The molecule has 0 fully saturated rings. The molecule has 2 aliphatic heterocycles. The predicted octanol–water partition coefficient (Wildman–Crippen LogP) is 6.34. The molecule has 3 nitrogen and oxygen atoms in total. The molecule has 3 aromatic rings. The lowest BCUT2D eigenvalue weighted by Crippen LogP contribution is -2.33. The molecule has 0 unspecified atom stereocenters. The fraction of sp³-hybridized carbons (Fsp3) is 0.136. The number of rotatable bonds is 2. The molecule has 3 aromatic carbocycles. The van der Waals surface area contributed by atoms with Gasteiger partial charge in [-0.15, -0.1) is 0 Å². The molecule has 0 radical (unpaired) electrons. The minimum atomic E-state index is -0.291. The topological polar surface area (TPSA) is 24.8 Å². The number of halogens is 2. The molecule has 2 atom stereocenters. The van der Waals surface area contributed by atoms with E-state index >= 15 is 0 Å². The van der Waals surface area contributed by atoms with Gasteiger partial charge in [0.15, 0.2) is 0 Å². The Labute approximate surface area is 171 Å². The largest absolute Gasteiger partial charge is 0.464 e. The zero-order valence-electron chi connectivity index (χ0n) is 14.3. The maximum atomic E-state index is 6.38. The zero-order chi connectivity index (χ0) is 18.4. The van der Waals surface area contributed by atoms with Crippen molar-refractivity contribution in [1.82, 2.24) is 5.01 Å². The van der Waals surface area contributed by atoms with Crippen LogP contribution in [-0.2, 0) is 0 Å². The van der Waals surface area contributed by atoms with E-state index in [-0.39, 0.29) is 12.3 Å². The van der Waals surface area contributed by atoms with Crippen LogP contribution in [0.15, 0.2) is 82.4 Å². The van der Waals surface area contributed by atoms with Crippen molar-refractivity contribution in [2.24, 2.45) is 5.10 Å². The van der Waals surface area contributed by atoms with Gasteiger partial charge < -0.3 is 4.74 Å². The summed E-state index contributed by atoms with van der Waals surface area (Å²) < 4.78 is 7.39. The predicted molar refractivity (Wildman–Crippen MR) is 111 cm³/mol. The number of fused-ring (bicyclic) bond motifs is 3. The van der Waals surface area contributed by atoms with Crippen LogP contribution in [-0.4, -0.2) is 10.7 Å². The third kappa shape index (κ3) is 2.93. The molecule has 0 aromatic heterocycles. The van der Waals surface area contributed by atoms with Crippen LogP contribution in [0.3, 0.4) is 0 Å². The number of nitrogens with zero attached hydrogens (tertiary/aromatic N) is 2. The normalized spacial score (nSPS) is 20.5. The minimum absolute atomic E-state index is 0.0970. The van der Waals surface area contributed by atoms with Gasteiger partial charge in [-0.25, -0.2) is 5.01 Å². The summed E-state index contributed by atoms with van der Waals surface area (Å²) in [6, 6.07) is 24.4. The Bertz CT molecular complexity index is 1040. The molecule has 0 N–H and O–H groups in total. The van der Waals surface area contributed by atoms with E-state index in [0.29, 0.717) is 5.02 Å². The third-order valence-electron chi connectivity index (χ3n) is 5.03. The van der Waals surface area contributed by atoms with Gasteiger partial charge >= 0.3 is 0 Å². The summed E-state index contributed by atoms with van der Waals surface area (Å²) in [5.41, 5.74) is 4.34. The fourth-order valence-electron chi connectivity index (χ4n) is 3.74. The maximum absolute atomic E-state index is 6.38. The van der Waals surface area contributed by atoms with E-state index in [1.165, 1.54) is 0 Å². The smallest absolute Gasteiger partial charge is 0.214 e. The highest BCUT2D eigenvalue weighted by Gasteiger charge is 2.41. The summed E-state index contributed by atoms with van der Waals surface area (Å²) in [5.74, 6) is 0.867. The van der Waals surface area contributed by atoms with Crippen LogP contribution < -0.4 is 4.74 Å². The first-order chi connectivity index (χ1) is 13.2. The minimum Gasteiger partial charge on any atom is -0.464 e. The standard InChI is InChI=1S/C22H16BrClN2O/c23-18-9-5-4-8-16(18)22-26-20(17-12-15(24)10-11-21(17)27-22)13-19(25-26)14-6-2-1-3-7-14/h1-12,20,22H,13H2/t20-,22+/m1/s1. The van der Waals surface area contributed by atoms with Crippen LogP contribution in [0.25, 0.3) is 0 Å². The lowest BCUT2D eigenvalue weighted by molar-refractivity contribution is -0.0194. The van der Waals surface area contributed by atoms with E-state index in [1.807, 2.05) is 54.6 Å². The van der Waals surface area contributed by atoms with E-state index in [1.54, 1.807) is 0 Å². The number of hydrogen-bond acceptors (Lipinski definition) is 3. The Hall–Kier alpha value is -2.30. The van der Waals surface area contributed by atoms with Crippen LogP contribution in [0.5, 0.6) is 5.75 Å². The lowest BCUT2D eigenvalue weighted by atomic mass is 9.96. The van der Waals surface area contributed by atoms with Crippen LogP contribution >= 0.6 is 27.5 Å². The van der Waals surface area contributed by atoms with Crippen LogP contribution in [0.4, 0.5) is 0 Å². The van der Waals surface area contributed by atoms with Crippen LogP contribution in [0.2, 0.25) is 5.02 Å². The van der Waals surface area contributed by atoms with Gasteiger partial charge in [0, 0.05) is 27.0 Å². The van der Waals surface area contributed by atoms with E-state index < -0.39 is 0 Å². The summed E-state index contributed by atoms with van der Waals surface area (Å²) in [6.07, 6.45) is 0.530. The highest BCUT2D eigenvalue weighted by atomic mass is 79.9. The van der Waals surface area contributed by atoms with Crippen LogP contribution in [0.1, 0.15) is 35.4 Å².